The molecule has 1 aliphatic rings. The molecule has 3 heteroatoms. The maximum Gasteiger partial charge on any atom is 0.143 e. The maximum absolute atomic E-state index is 6.96. The van der Waals surface area contributed by atoms with Crippen LogP contribution < -0.4 is 0 Å². The van der Waals surface area contributed by atoms with E-state index < -0.39 is 0 Å². The highest BCUT2D eigenvalue weighted by molar-refractivity contribution is 6.24. The Balaban J connectivity index is 0.929. The molecule has 74 heavy (non-hydrogen) atoms. The van der Waals surface area contributed by atoms with Crippen LogP contribution in [0.5, 0.6) is 0 Å². The molecule has 0 radical (unpaired) electrons. The largest absolute Gasteiger partial charge is 0.455 e. The Bertz CT molecular complexity index is 4430. The van der Waals surface area contributed by atoms with Gasteiger partial charge in [-0.05, 0) is 144 Å². The molecule has 0 saturated carbocycles. The van der Waals surface area contributed by atoms with E-state index in [2.05, 4.69) is 261 Å². The Morgan fingerprint density at radius 2 is 0.838 bits per heavy atom. The number of aromatic nitrogens is 2. The summed E-state index contributed by atoms with van der Waals surface area (Å²) in [6.45, 7) is 0. The van der Waals surface area contributed by atoms with E-state index in [1.165, 1.54) is 39.0 Å². The Labute approximate surface area is 429 Å². The normalized spacial score (nSPS) is 12.5. The van der Waals surface area contributed by atoms with Crippen LogP contribution in [0, 0.1) is 0 Å². The molecule has 0 bridgehead atoms. The van der Waals surface area contributed by atoms with Gasteiger partial charge in [-0.1, -0.05) is 206 Å². The summed E-state index contributed by atoms with van der Waals surface area (Å²) in [5.74, 6) is 0. The number of rotatable bonds is 8. The summed E-state index contributed by atoms with van der Waals surface area (Å²) >= 11 is 0. The van der Waals surface area contributed by atoms with E-state index in [1.807, 2.05) is 6.20 Å². The van der Waals surface area contributed by atoms with E-state index >= 15 is 0 Å². The van der Waals surface area contributed by atoms with Crippen LogP contribution in [-0.4, -0.2) is 9.97 Å². The number of allylic oxidation sites excluding steroid dienone is 6. The summed E-state index contributed by atoms with van der Waals surface area (Å²) in [5, 5.41) is 6.59. The van der Waals surface area contributed by atoms with Gasteiger partial charge in [0.2, 0.25) is 0 Å². The molecule has 0 aliphatic heterocycles. The van der Waals surface area contributed by atoms with Gasteiger partial charge < -0.3 is 4.42 Å². The highest BCUT2D eigenvalue weighted by Crippen LogP contribution is 2.43. The summed E-state index contributed by atoms with van der Waals surface area (Å²) in [4.78, 5) is 10.8. The second kappa shape index (κ2) is 18.2. The molecular weight excluding hydrogens is 897 g/mol. The molecule has 0 saturated heterocycles. The minimum absolute atomic E-state index is 0.804. The summed E-state index contributed by atoms with van der Waals surface area (Å²) in [5.41, 5.74) is 21.3. The monoisotopic (exact) mass is 942 g/mol. The number of furan rings is 1. The predicted molar refractivity (Wildman–Crippen MR) is 311 cm³/mol. The van der Waals surface area contributed by atoms with Crippen LogP contribution in [0.25, 0.3) is 138 Å². The van der Waals surface area contributed by atoms with Gasteiger partial charge in [0.15, 0.2) is 0 Å². The lowest BCUT2D eigenvalue weighted by Gasteiger charge is -2.14. The molecule has 0 atom stereocenters. The van der Waals surface area contributed by atoms with Crippen LogP contribution in [0.1, 0.15) is 12.0 Å². The van der Waals surface area contributed by atoms with Crippen molar-refractivity contribution in [1.82, 2.24) is 9.97 Å². The first-order valence-electron chi connectivity index (χ1n) is 25.3. The summed E-state index contributed by atoms with van der Waals surface area (Å²) in [6, 6.07) is 82.9. The number of benzene rings is 11. The zero-order valence-corrected chi connectivity index (χ0v) is 40.4. The number of hydrogen-bond donors (Lipinski definition) is 0. The van der Waals surface area contributed by atoms with Crippen molar-refractivity contribution in [2.75, 3.05) is 0 Å². The van der Waals surface area contributed by atoms with Crippen molar-refractivity contribution in [2.45, 2.75) is 6.42 Å². The molecule has 0 amide bonds. The minimum Gasteiger partial charge on any atom is -0.455 e. The van der Waals surface area contributed by atoms with Crippen LogP contribution in [0.15, 0.2) is 272 Å². The SMILES string of the molecule is C1=CCC=C(c2cccc(-c3ccc4oc5c(-c6cccc(-c7cnc8c9ccc(-c%10ccccc%10)cc9c9cc(-c%10ccccc%10)ccc9c8n7)c6)cc(-c6cccc(-c7ccccc7)c6)cc5c4c3)c2)C=C1. The first kappa shape index (κ1) is 43.1. The van der Waals surface area contributed by atoms with Crippen molar-refractivity contribution in [3.05, 3.63) is 273 Å². The molecule has 0 fully saturated rings. The molecule has 1 aliphatic carbocycles. The fourth-order valence-corrected chi connectivity index (χ4v) is 10.9. The van der Waals surface area contributed by atoms with Gasteiger partial charge in [0, 0.05) is 32.7 Å². The van der Waals surface area contributed by atoms with Crippen LogP contribution in [0.4, 0.5) is 0 Å². The molecule has 14 rings (SSSR count). The summed E-state index contributed by atoms with van der Waals surface area (Å²) in [7, 11) is 0. The predicted octanol–water partition coefficient (Wildman–Crippen LogP) is 19.4. The smallest absolute Gasteiger partial charge is 0.143 e. The van der Waals surface area contributed by atoms with Gasteiger partial charge in [-0.2, -0.15) is 0 Å². The molecule has 2 aromatic heterocycles. The topological polar surface area (TPSA) is 38.9 Å². The number of hydrogen-bond acceptors (Lipinski definition) is 3. The summed E-state index contributed by atoms with van der Waals surface area (Å²) in [6.07, 6.45) is 13.8. The molecule has 0 unspecified atom stereocenters. The van der Waals surface area contributed by atoms with Crippen molar-refractivity contribution >= 4 is 60.1 Å². The van der Waals surface area contributed by atoms with Crippen LogP contribution in [0.2, 0.25) is 0 Å². The lowest BCUT2D eigenvalue weighted by atomic mass is 9.92. The van der Waals surface area contributed by atoms with Crippen molar-refractivity contribution < 1.29 is 4.42 Å². The molecule has 0 N–H and O–H groups in total. The third-order valence-corrected chi connectivity index (χ3v) is 14.7. The third-order valence-electron chi connectivity index (χ3n) is 14.7. The number of fused-ring (bicyclic) bond motifs is 9. The van der Waals surface area contributed by atoms with Crippen molar-refractivity contribution in [1.29, 1.82) is 0 Å². The minimum atomic E-state index is 0.804. The average molecular weight is 943 g/mol. The molecule has 13 aromatic rings. The van der Waals surface area contributed by atoms with Crippen LogP contribution >= 0.6 is 0 Å². The molecule has 3 nitrogen and oxygen atoms in total. The Morgan fingerprint density at radius 1 is 0.338 bits per heavy atom. The lowest BCUT2D eigenvalue weighted by Crippen LogP contribution is -1.93. The maximum atomic E-state index is 6.96. The quantitative estimate of drug-likeness (QED) is 0.143. The first-order chi connectivity index (χ1) is 36.6. The van der Waals surface area contributed by atoms with Gasteiger partial charge in [0.1, 0.15) is 11.2 Å². The lowest BCUT2D eigenvalue weighted by molar-refractivity contribution is 0.670. The van der Waals surface area contributed by atoms with Gasteiger partial charge >= 0.3 is 0 Å². The Morgan fingerprint density at radius 3 is 1.53 bits per heavy atom. The molecule has 346 valence electrons. The fourth-order valence-electron chi connectivity index (χ4n) is 10.9. The van der Waals surface area contributed by atoms with E-state index in [9.17, 15) is 0 Å². The van der Waals surface area contributed by atoms with Crippen LogP contribution in [-0.2, 0) is 0 Å². The second-order valence-corrected chi connectivity index (χ2v) is 19.2. The molecular formula is C71H46N2O. The standard InChI is InChI=1S/C71H46N2O/c1-2-7-18-46(17-6-1)50-25-14-27-52(37-50)56-33-36-68-65(42-56)66-44-59(53-28-15-26-51(38-53)47-19-8-3-9-20-47)43-62(71(66)74-68)57-29-16-30-58(39-57)67-45-72-69-60-34-31-54(48-21-10-4-11-22-48)40-63(60)64-41-55(49-23-12-5-13-24-49)32-35-61(64)70(69)73-67/h1-6,8-45H,7H2. The van der Waals surface area contributed by atoms with E-state index in [-0.39, 0.29) is 0 Å². The van der Waals surface area contributed by atoms with E-state index in [1.54, 1.807) is 0 Å². The number of nitrogens with zero attached hydrogens (tertiary/aromatic N) is 2. The van der Waals surface area contributed by atoms with Crippen LogP contribution in [0.3, 0.4) is 0 Å². The zero-order chi connectivity index (χ0) is 49.0. The third kappa shape index (κ3) is 7.79. The van der Waals surface area contributed by atoms with E-state index in [0.29, 0.717) is 0 Å². The molecule has 0 spiro atoms. The average Bonchev–Trinajstić information content (AvgIpc) is 3.62. The van der Waals surface area contributed by atoms with Gasteiger partial charge in [-0.3, -0.25) is 4.98 Å². The molecule has 2 heterocycles. The summed E-state index contributed by atoms with van der Waals surface area (Å²) < 4.78 is 6.96. The van der Waals surface area contributed by atoms with Gasteiger partial charge in [-0.15, -0.1) is 0 Å². The second-order valence-electron chi connectivity index (χ2n) is 19.2. The van der Waals surface area contributed by atoms with Crippen molar-refractivity contribution in [3.8, 4) is 78.0 Å². The van der Waals surface area contributed by atoms with Crippen molar-refractivity contribution in [2.24, 2.45) is 0 Å². The Kier molecular flexibility index (Phi) is 10.6. The first-order valence-corrected chi connectivity index (χ1v) is 25.3. The highest BCUT2D eigenvalue weighted by atomic mass is 16.3. The van der Waals surface area contributed by atoms with Crippen molar-refractivity contribution in [3.63, 3.8) is 0 Å². The highest BCUT2D eigenvalue weighted by Gasteiger charge is 2.19. The van der Waals surface area contributed by atoms with Gasteiger partial charge in [0.25, 0.3) is 0 Å². The van der Waals surface area contributed by atoms with E-state index in [0.717, 1.165) is 111 Å². The fraction of sp³-hybridized carbons (Fsp3) is 0.0141. The van der Waals surface area contributed by atoms with E-state index in [4.69, 9.17) is 14.4 Å². The zero-order valence-electron chi connectivity index (χ0n) is 40.4. The van der Waals surface area contributed by atoms with Gasteiger partial charge in [-0.25, -0.2) is 4.98 Å². The Hall–Kier alpha value is -9.70. The van der Waals surface area contributed by atoms with Gasteiger partial charge in [0.05, 0.1) is 22.9 Å². The molecule has 11 aromatic carbocycles.